The first-order valence-corrected chi connectivity index (χ1v) is 9.26. The zero-order valence-electron chi connectivity index (χ0n) is 16.4. The van der Waals surface area contributed by atoms with Gasteiger partial charge in [0.2, 0.25) is 11.6 Å². The van der Waals surface area contributed by atoms with Gasteiger partial charge in [-0.15, -0.1) is 0 Å². The summed E-state index contributed by atoms with van der Waals surface area (Å²) in [5.41, 5.74) is 0.634. The number of hydrogen-bond donors (Lipinski definition) is 2. The predicted octanol–water partition coefficient (Wildman–Crippen LogP) is 1.78. The first kappa shape index (κ1) is 22.0. The summed E-state index contributed by atoms with van der Waals surface area (Å²) in [6.45, 7) is 3.72. The fraction of sp³-hybridized carbons (Fsp3) is 0.273. The van der Waals surface area contributed by atoms with Crippen LogP contribution in [0.15, 0.2) is 60.7 Å². The van der Waals surface area contributed by atoms with Gasteiger partial charge in [0, 0.05) is 23.2 Å². The largest absolute Gasteiger partial charge is 0.377 e. The molecular weight excluding hydrogens is 372 g/mol. The summed E-state index contributed by atoms with van der Waals surface area (Å²) in [4.78, 5) is 48.1. The van der Waals surface area contributed by atoms with E-state index in [0.717, 1.165) is 0 Å². The van der Waals surface area contributed by atoms with E-state index in [1.807, 2.05) is 0 Å². The molecule has 2 N–H and O–H groups in total. The van der Waals surface area contributed by atoms with Crippen LogP contribution in [-0.4, -0.2) is 48.7 Å². The first-order chi connectivity index (χ1) is 13.9. The second kappa shape index (κ2) is 10.9. The first-order valence-electron chi connectivity index (χ1n) is 9.26. The summed E-state index contributed by atoms with van der Waals surface area (Å²) in [6.07, 6.45) is 0. The molecule has 7 nitrogen and oxygen atoms in total. The monoisotopic (exact) mass is 396 g/mol. The number of amides is 2. The van der Waals surface area contributed by atoms with Gasteiger partial charge in [-0.05, 0) is 13.8 Å². The number of carbonyl (C=O) groups is 4. The average Bonchev–Trinajstić information content (AvgIpc) is 2.73. The molecule has 0 bridgehead atoms. The Labute approximate surface area is 169 Å². The van der Waals surface area contributed by atoms with Crippen LogP contribution in [-0.2, 0) is 14.3 Å². The molecule has 2 unspecified atom stereocenters. The summed E-state index contributed by atoms with van der Waals surface area (Å²) in [6, 6.07) is 15.8. The number of benzene rings is 2. The van der Waals surface area contributed by atoms with Crippen molar-refractivity contribution >= 4 is 23.4 Å². The predicted molar refractivity (Wildman–Crippen MR) is 108 cm³/mol. The lowest BCUT2D eigenvalue weighted by Gasteiger charge is -2.17. The van der Waals surface area contributed by atoms with E-state index in [0.29, 0.717) is 11.1 Å². The van der Waals surface area contributed by atoms with E-state index in [4.69, 9.17) is 4.74 Å². The number of ether oxygens (including phenoxy) is 1. The maximum atomic E-state index is 12.0. The highest BCUT2D eigenvalue weighted by atomic mass is 16.5. The Morgan fingerprint density at radius 2 is 1.03 bits per heavy atom. The van der Waals surface area contributed by atoms with Crippen molar-refractivity contribution in [3.63, 3.8) is 0 Å². The molecule has 0 heterocycles. The molecule has 2 rings (SSSR count). The Morgan fingerprint density at radius 1 is 0.690 bits per heavy atom. The van der Waals surface area contributed by atoms with Gasteiger partial charge >= 0.3 is 0 Å². The molecule has 2 aromatic rings. The standard InChI is InChI=1S/C22H24N2O5/c1-15(23-21(27)19(25)17-9-5-3-6-10-17)13-29-14-16(2)24-22(28)20(26)18-11-7-4-8-12-18/h3-12,15-16H,13-14H2,1-2H3,(H,23,27)(H,24,28). The summed E-state index contributed by atoms with van der Waals surface area (Å²) in [5.74, 6) is -2.64. The molecule has 152 valence electrons. The molecule has 2 amide bonds. The van der Waals surface area contributed by atoms with Gasteiger partial charge in [0.1, 0.15) is 0 Å². The van der Waals surface area contributed by atoms with Crippen molar-refractivity contribution in [2.24, 2.45) is 0 Å². The fourth-order valence-corrected chi connectivity index (χ4v) is 2.52. The Hall–Kier alpha value is -3.32. The van der Waals surface area contributed by atoms with Crippen molar-refractivity contribution in [2.45, 2.75) is 25.9 Å². The Kier molecular flexibility index (Phi) is 8.24. The molecule has 29 heavy (non-hydrogen) atoms. The second-order valence-electron chi connectivity index (χ2n) is 6.68. The van der Waals surface area contributed by atoms with Gasteiger partial charge < -0.3 is 15.4 Å². The minimum absolute atomic E-state index is 0.153. The van der Waals surface area contributed by atoms with Crippen molar-refractivity contribution in [2.75, 3.05) is 13.2 Å². The van der Waals surface area contributed by atoms with E-state index in [2.05, 4.69) is 10.6 Å². The third kappa shape index (κ3) is 6.97. The van der Waals surface area contributed by atoms with Crippen LogP contribution in [0.5, 0.6) is 0 Å². The van der Waals surface area contributed by atoms with Crippen LogP contribution in [0.2, 0.25) is 0 Å². The summed E-state index contributed by atoms with van der Waals surface area (Å²) in [7, 11) is 0. The van der Waals surface area contributed by atoms with Crippen molar-refractivity contribution in [1.29, 1.82) is 0 Å². The second-order valence-corrected chi connectivity index (χ2v) is 6.68. The Bertz CT molecular complexity index is 781. The van der Waals surface area contributed by atoms with Gasteiger partial charge in [-0.2, -0.15) is 0 Å². The number of carbonyl (C=O) groups excluding carboxylic acids is 4. The molecule has 0 aliphatic carbocycles. The molecule has 0 fully saturated rings. The highest BCUT2D eigenvalue weighted by molar-refractivity contribution is 6.43. The zero-order chi connectivity index (χ0) is 21.2. The molecule has 0 saturated heterocycles. The molecule has 2 atom stereocenters. The highest BCUT2D eigenvalue weighted by Crippen LogP contribution is 2.02. The van der Waals surface area contributed by atoms with Crippen molar-refractivity contribution in [1.82, 2.24) is 10.6 Å². The number of ketones is 2. The van der Waals surface area contributed by atoms with Gasteiger partial charge in [-0.25, -0.2) is 0 Å². The Morgan fingerprint density at radius 3 is 1.38 bits per heavy atom. The number of Topliss-reactive ketones (excluding diaryl/α,β-unsaturated/α-hetero) is 2. The van der Waals surface area contributed by atoms with Crippen LogP contribution in [0, 0.1) is 0 Å². The molecule has 0 aliphatic rings. The molecule has 0 saturated carbocycles. The molecular formula is C22H24N2O5. The third-order valence-corrected chi connectivity index (χ3v) is 3.98. The van der Waals surface area contributed by atoms with E-state index in [-0.39, 0.29) is 13.2 Å². The van der Waals surface area contributed by atoms with E-state index in [9.17, 15) is 19.2 Å². The molecule has 0 aromatic heterocycles. The zero-order valence-corrected chi connectivity index (χ0v) is 16.4. The van der Waals surface area contributed by atoms with E-state index in [1.165, 1.54) is 0 Å². The van der Waals surface area contributed by atoms with Crippen molar-refractivity contribution in [3.8, 4) is 0 Å². The average molecular weight is 396 g/mol. The number of rotatable bonds is 10. The van der Waals surface area contributed by atoms with Crippen LogP contribution < -0.4 is 10.6 Å². The van der Waals surface area contributed by atoms with E-state index < -0.39 is 35.5 Å². The van der Waals surface area contributed by atoms with Gasteiger partial charge in [0.15, 0.2) is 0 Å². The van der Waals surface area contributed by atoms with E-state index >= 15 is 0 Å². The number of nitrogens with one attached hydrogen (secondary N) is 2. The topological polar surface area (TPSA) is 102 Å². The van der Waals surface area contributed by atoms with Gasteiger partial charge in [-0.3, -0.25) is 19.2 Å². The van der Waals surface area contributed by atoms with E-state index in [1.54, 1.807) is 74.5 Å². The lowest BCUT2D eigenvalue weighted by molar-refractivity contribution is -0.118. The molecule has 7 heteroatoms. The molecule has 0 aliphatic heterocycles. The van der Waals surface area contributed by atoms with Gasteiger partial charge in [0.05, 0.1) is 13.2 Å². The summed E-state index contributed by atoms with van der Waals surface area (Å²) >= 11 is 0. The lowest BCUT2D eigenvalue weighted by atomic mass is 10.1. The quantitative estimate of drug-likeness (QED) is 0.471. The maximum absolute atomic E-state index is 12.0. The summed E-state index contributed by atoms with van der Waals surface area (Å²) < 4.78 is 5.48. The molecule has 0 spiro atoms. The SMILES string of the molecule is CC(COCC(C)NC(=O)C(=O)c1ccccc1)NC(=O)C(=O)c1ccccc1. The van der Waals surface area contributed by atoms with Gasteiger partial charge in [-0.1, -0.05) is 60.7 Å². The third-order valence-electron chi connectivity index (χ3n) is 3.98. The minimum Gasteiger partial charge on any atom is -0.377 e. The van der Waals surface area contributed by atoms with Crippen LogP contribution in [0.3, 0.4) is 0 Å². The van der Waals surface area contributed by atoms with Crippen LogP contribution in [0.4, 0.5) is 0 Å². The smallest absolute Gasteiger partial charge is 0.292 e. The lowest BCUT2D eigenvalue weighted by Crippen LogP contribution is -2.42. The van der Waals surface area contributed by atoms with Crippen LogP contribution >= 0.6 is 0 Å². The Balaban J connectivity index is 1.70. The number of hydrogen-bond acceptors (Lipinski definition) is 5. The van der Waals surface area contributed by atoms with Crippen molar-refractivity contribution in [3.05, 3.63) is 71.8 Å². The summed E-state index contributed by atoms with van der Waals surface area (Å²) in [5, 5.41) is 5.15. The normalized spacial score (nSPS) is 12.5. The van der Waals surface area contributed by atoms with Crippen LogP contribution in [0.25, 0.3) is 0 Å². The minimum atomic E-state index is -0.706. The fourth-order valence-electron chi connectivity index (χ4n) is 2.52. The maximum Gasteiger partial charge on any atom is 0.292 e. The van der Waals surface area contributed by atoms with Crippen LogP contribution in [0.1, 0.15) is 34.6 Å². The molecule has 0 radical (unpaired) electrons. The molecule has 2 aromatic carbocycles. The highest BCUT2D eigenvalue weighted by Gasteiger charge is 2.19. The van der Waals surface area contributed by atoms with Crippen molar-refractivity contribution < 1.29 is 23.9 Å². The van der Waals surface area contributed by atoms with Gasteiger partial charge in [0.25, 0.3) is 11.8 Å².